The number of rotatable bonds is 1. The van der Waals surface area contributed by atoms with Gasteiger partial charge in [-0.3, -0.25) is 0 Å². The molecule has 3 heterocycles. The van der Waals surface area contributed by atoms with Crippen LogP contribution in [0.1, 0.15) is 11.5 Å². The van der Waals surface area contributed by atoms with Gasteiger partial charge in [0.1, 0.15) is 11.5 Å². The average Bonchev–Trinajstić information content (AvgIpc) is 2.82. The molecule has 78 valence electrons. The Bertz CT molecular complexity index is 460. The Labute approximate surface area is 87.9 Å². The van der Waals surface area contributed by atoms with E-state index in [0.29, 0.717) is 0 Å². The summed E-state index contributed by atoms with van der Waals surface area (Å²) < 4.78 is 7.35. The molecule has 0 aliphatic carbocycles. The molecule has 2 aromatic rings. The quantitative estimate of drug-likeness (QED) is 0.764. The molecule has 4 nitrogen and oxygen atoms in total. The molecule has 0 unspecified atom stereocenters. The molecule has 0 atom stereocenters. The lowest BCUT2D eigenvalue weighted by Crippen LogP contribution is -2.27. The SMILES string of the molecule is Cc1cc(-c2cc3n(c2)CCNC3)no1. The van der Waals surface area contributed by atoms with Gasteiger partial charge in [0.25, 0.3) is 0 Å². The third-order valence-electron chi connectivity index (χ3n) is 2.75. The number of hydrogen-bond acceptors (Lipinski definition) is 3. The standard InChI is InChI=1S/C11H13N3O/c1-8-4-11(13-15-8)9-5-10-6-12-2-3-14(10)7-9/h4-5,7,12H,2-3,6H2,1H3. The number of hydrogen-bond donors (Lipinski definition) is 1. The second-order valence-electron chi connectivity index (χ2n) is 3.91. The third kappa shape index (κ3) is 1.47. The summed E-state index contributed by atoms with van der Waals surface area (Å²) >= 11 is 0. The van der Waals surface area contributed by atoms with Gasteiger partial charge in [0.05, 0.1) is 0 Å². The topological polar surface area (TPSA) is 43.0 Å². The Kier molecular flexibility index (Phi) is 1.89. The zero-order valence-electron chi connectivity index (χ0n) is 8.66. The van der Waals surface area contributed by atoms with Crippen LogP contribution < -0.4 is 5.32 Å². The van der Waals surface area contributed by atoms with Crippen molar-refractivity contribution in [1.29, 1.82) is 0 Å². The molecule has 0 aromatic carbocycles. The Morgan fingerprint density at radius 1 is 1.47 bits per heavy atom. The molecule has 0 radical (unpaired) electrons. The number of nitrogens with one attached hydrogen (secondary N) is 1. The van der Waals surface area contributed by atoms with Crippen LogP contribution >= 0.6 is 0 Å². The molecule has 0 amide bonds. The van der Waals surface area contributed by atoms with Gasteiger partial charge in [-0.25, -0.2) is 0 Å². The Balaban J connectivity index is 2.02. The van der Waals surface area contributed by atoms with Crippen molar-refractivity contribution in [1.82, 2.24) is 15.0 Å². The lowest BCUT2D eigenvalue weighted by atomic mass is 10.2. The van der Waals surface area contributed by atoms with Crippen LogP contribution in [-0.2, 0) is 13.1 Å². The van der Waals surface area contributed by atoms with E-state index in [0.717, 1.165) is 36.7 Å². The highest BCUT2D eigenvalue weighted by Gasteiger charge is 2.12. The second kappa shape index (κ2) is 3.24. The summed E-state index contributed by atoms with van der Waals surface area (Å²) in [6, 6.07) is 4.14. The van der Waals surface area contributed by atoms with E-state index in [1.54, 1.807) is 0 Å². The van der Waals surface area contributed by atoms with E-state index in [1.165, 1.54) is 5.69 Å². The van der Waals surface area contributed by atoms with Gasteiger partial charge in [0, 0.05) is 43.2 Å². The van der Waals surface area contributed by atoms with Gasteiger partial charge in [0.15, 0.2) is 0 Å². The summed E-state index contributed by atoms with van der Waals surface area (Å²) in [5, 5.41) is 7.37. The molecule has 1 N–H and O–H groups in total. The highest BCUT2D eigenvalue weighted by atomic mass is 16.5. The van der Waals surface area contributed by atoms with Crippen LogP contribution in [0.4, 0.5) is 0 Å². The molecular formula is C11H13N3O. The summed E-state index contributed by atoms with van der Waals surface area (Å²) in [6.45, 7) is 4.93. The van der Waals surface area contributed by atoms with Crippen LogP contribution in [0.25, 0.3) is 11.3 Å². The molecule has 4 heteroatoms. The van der Waals surface area contributed by atoms with Crippen molar-refractivity contribution in [3.8, 4) is 11.3 Å². The molecule has 3 rings (SSSR count). The molecule has 2 aromatic heterocycles. The lowest BCUT2D eigenvalue weighted by molar-refractivity contribution is 0.399. The van der Waals surface area contributed by atoms with Crippen LogP contribution in [0.2, 0.25) is 0 Å². The first-order valence-corrected chi connectivity index (χ1v) is 5.16. The summed E-state index contributed by atoms with van der Waals surface area (Å²) in [5.41, 5.74) is 3.39. The molecule has 15 heavy (non-hydrogen) atoms. The minimum Gasteiger partial charge on any atom is -0.361 e. The van der Waals surface area contributed by atoms with Crippen LogP contribution in [0.3, 0.4) is 0 Å². The maximum atomic E-state index is 5.08. The summed E-state index contributed by atoms with van der Waals surface area (Å²) in [4.78, 5) is 0. The molecular weight excluding hydrogens is 190 g/mol. The maximum Gasteiger partial charge on any atom is 0.134 e. The fraction of sp³-hybridized carbons (Fsp3) is 0.364. The van der Waals surface area contributed by atoms with Gasteiger partial charge in [-0.15, -0.1) is 0 Å². The third-order valence-corrected chi connectivity index (χ3v) is 2.75. The predicted octanol–water partition coefficient (Wildman–Crippen LogP) is 1.55. The Morgan fingerprint density at radius 2 is 2.40 bits per heavy atom. The number of aromatic nitrogens is 2. The van der Waals surface area contributed by atoms with Crippen molar-refractivity contribution in [3.05, 3.63) is 29.8 Å². The zero-order chi connectivity index (χ0) is 10.3. The van der Waals surface area contributed by atoms with E-state index in [2.05, 4.69) is 27.3 Å². The first-order chi connectivity index (χ1) is 7.33. The van der Waals surface area contributed by atoms with Crippen LogP contribution in [0.5, 0.6) is 0 Å². The van der Waals surface area contributed by atoms with Crippen molar-refractivity contribution in [3.63, 3.8) is 0 Å². The van der Waals surface area contributed by atoms with Crippen molar-refractivity contribution in [2.45, 2.75) is 20.0 Å². The van der Waals surface area contributed by atoms with E-state index < -0.39 is 0 Å². The van der Waals surface area contributed by atoms with Gasteiger partial charge in [0.2, 0.25) is 0 Å². The first-order valence-electron chi connectivity index (χ1n) is 5.16. The normalized spacial score (nSPS) is 15.3. The van der Waals surface area contributed by atoms with E-state index >= 15 is 0 Å². The van der Waals surface area contributed by atoms with Crippen molar-refractivity contribution in [2.24, 2.45) is 0 Å². The van der Waals surface area contributed by atoms with Gasteiger partial charge in [-0.2, -0.15) is 0 Å². The molecule has 0 saturated heterocycles. The van der Waals surface area contributed by atoms with Crippen LogP contribution in [0, 0.1) is 6.92 Å². The van der Waals surface area contributed by atoms with E-state index in [9.17, 15) is 0 Å². The molecule has 0 fully saturated rings. The fourth-order valence-electron chi connectivity index (χ4n) is 1.97. The second-order valence-corrected chi connectivity index (χ2v) is 3.91. The van der Waals surface area contributed by atoms with Crippen molar-refractivity contribution in [2.75, 3.05) is 6.54 Å². The average molecular weight is 203 g/mol. The largest absolute Gasteiger partial charge is 0.361 e. The van der Waals surface area contributed by atoms with Gasteiger partial charge in [-0.05, 0) is 13.0 Å². The minimum absolute atomic E-state index is 0.854. The monoisotopic (exact) mass is 203 g/mol. The van der Waals surface area contributed by atoms with Crippen LogP contribution in [0.15, 0.2) is 22.9 Å². The van der Waals surface area contributed by atoms with Crippen LogP contribution in [-0.4, -0.2) is 16.3 Å². The van der Waals surface area contributed by atoms with E-state index in [4.69, 9.17) is 4.52 Å². The van der Waals surface area contributed by atoms with Crippen molar-refractivity contribution >= 4 is 0 Å². The fourth-order valence-corrected chi connectivity index (χ4v) is 1.97. The maximum absolute atomic E-state index is 5.08. The Morgan fingerprint density at radius 3 is 3.13 bits per heavy atom. The van der Waals surface area contributed by atoms with Gasteiger partial charge < -0.3 is 14.4 Å². The smallest absolute Gasteiger partial charge is 0.134 e. The molecule has 1 aliphatic heterocycles. The summed E-state index contributed by atoms with van der Waals surface area (Å²) in [6.07, 6.45) is 2.15. The number of nitrogens with zero attached hydrogens (tertiary/aromatic N) is 2. The number of aryl methyl sites for hydroxylation is 1. The highest BCUT2D eigenvalue weighted by molar-refractivity contribution is 5.59. The van der Waals surface area contributed by atoms with Gasteiger partial charge in [-0.1, -0.05) is 5.16 Å². The number of fused-ring (bicyclic) bond motifs is 1. The zero-order valence-corrected chi connectivity index (χ0v) is 8.66. The van der Waals surface area contributed by atoms with E-state index in [1.807, 2.05) is 13.0 Å². The first kappa shape index (κ1) is 8.73. The summed E-state index contributed by atoms with van der Waals surface area (Å²) in [7, 11) is 0. The van der Waals surface area contributed by atoms with Crippen molar-refractivity contribution < 1.29 is 4.52 Å². The summed E-state index contributed by atoms with van der Waals surface area (Å²) in [5.74, 6) is 0.854. The molecule has 0 bridgehead atoms. The minimum atomic E-state index is 0.854. The lowest BCUT2D eigenvalue weighted by Gasteiger charge is -2.15. The molecule has 1 aliphatic rings. The van der Waals surface area contributed by atoms with Gasteiger partial charge >= 0.3 is 0 Å². The molecule has 0 saturated carbocycles. The Hall–Kier alpha value is -1.55. The van der Waals surface area contributed by atoms with E-state index in [-0.39, 0.29) is 0 Å². The predicted molar refractivity (Wildman–Crippen MR) is 56.4 cm³/mol. The molecule has 0 spiro atoms. The highest BCUT2D eigenvalue weighted by Crippen LogP contribution is 2.22.